The summed E-state index contributed by atoms with van der Waals surface area (Å²) in [5.41, 5.74) is 0.896. The molecule has 0 radical (unpaired) electrons. The third-order valence-electron chi connectivity index (χ3n) is 1.99. The third-order valence-corrected chi connectivity index (χ3v) is 2.37. The van der Waals surface area contributed by atoms with Gasteiger partial charge in [-0.25, -0.2) is 9.97 Å². The highest BCUT2D eigenvalue weighted by Gasteiger charge is 2.08. The lowest BCUT2D eigenvalue weighted by molar-refractivity contribution is 0.206. The van der Waals surface area contributed by atoms with E-state index in [0.717, 1.165) is 17.9 Å². The Hall–Kier alpha value is -0.870. The molecule has 0 aromatic carbocycles. The fourth-order valence-corrected chi connectivity index (χ4v) is 1.27. The summed E-state index contributed by atoms with van der Waals surface area (Å²) in [7, 11) is 3.62. The van der Waals surface area contributed by atoms with E-state index in [1.54, 1.807) is 7.11 Å². The van der Waals surface area contributed by atoms with Crippen LogP contribution < -0.4 is 4.90 Å². The lowest BCUT2D eigenvalue weighted by Gasteiger charge is -2.19. The fourth-order valence-electron chi connectivity index (χ4n) is 1.14. The standard InChI is InChI=1S/C9H14ClN3O/c1-7-8(10)11-6-12-9(7)13(2)4-5-14-3/h6H,4-5H2,1-3H3. The Labute approximate surface area is 88.9 Å². The number of halogens is 1. The van der Waals surface area contributed by atoms with Gasteiger partial charge in [0.15, 0.2) is 0 Å². The molecule has 0 amide bonds. The molecule has 0 fully saturated rings. The van der Waals surface area contributed by atoms with Gasteiger partial charge in [0.05, 0.1) is 6.61 Å². The van der Waals surface area contributed by atoms with Crippen LogP contribution in [0.3, 0.4) is 0 Å². The van der Waals surface area contributed by atoms with Gasteiger partial charge in [-0.05, 0) is 6.92 Å². The van der Waals surface area contributed by atoms with E-state index < -0.39 is 0 Å². The number of aromatic nitrogens is 2. The smallest absolute Gasteiger partial charge is 0.137 e. The van der Waals surface area contributed by atoms with Gasteiger partial charge < -0.3 is 9.64 Å². The maximum Gasteiger partial charge on any atom is 0.137 e. The molecule has 0 spiro atoms. The van der Waals surface area contributed by atoms with Gasteiger partial charge in [0.2, 0.25) is 0 Å². The van der Waals surface area contributed by atoms with Crippen molar-refractivity contribution >= 4 is 17.4 Å². The first-order valence-electron chi connectivity index (χ1n) is 4.34. The number of nitrogens with zero attached hydrogens (tertiary/aromatic N) is 3. The topological polar surface area (TPSA) is 38.2 Å². The van der Waals surface area contributed by atoms with Crippen molar-refractivity contribution in [1.29, 1.82) is 0 Å². The van der Waals surface area contributed by atoms with Gasteiger partial charge in [0.25, 0.3) is 0 Å². The van der Waals surface area contributed by atoms with Gasteiger partial charge >= 0.3 is 0 Å². The minimum atomic E-state index is 0.499. The Morgan fingerprint density at radius 2 is 2.21 bits per heavy atom. The van der Waals surface area contributed by atoms with Crippen molar-refractivity contribution in [3.63, 3.8) is 0 Å². The Kier molecular flexibility index (Phi) is 4.10. The van der Waals surface area contributed by atoms with Gasteiger partial charge in [-0.2, -0.15) is 0 Å². The Balaban J connectivity index is 2.79. The lowest BCUT2D eigenvalue weighted by Crippen LogP contribution is -2.24. The molecule has 0 aliphatic carbocycles. The Morgan fingerprint density at radius 3 is 2.86 bits per heavy atom. The zero-order valence-corrected chi connectivity index (χ0v) is 9.38. The van der Waals surface area contributed by atoms with Gasteiger partial charge in [0, 0.05) is 26.3 Å². The van der Waals surface area contributed by atoms with Crippen LogP contribution in [0.1, 0.15) is 5.56 Å². The average Bonchev–Trinajstić information content (AvgIpc) is 2.18. The molecule has 0 atom stereocenters. The van der Waals surface area contributed by atoms with Crippen molar-refractivity contribution in [2.24, 2.45) is 0 Å². The predicted octanol–water partition coefficient (Wildman–Crippen LogP) is 1.52. The van der Waals surface area contributed by atoms with Gasteiger partial charge in [-0.1, -0.05) is 11.6 Å². The summed E-state index contributed by atoms with van der Waals surface area (Å²) < 4.78 is 4.99. The van der Waals surface area contributed by atoms with E-state index in [1.807, 2.05) is 18.9 Å². The van der Waals surface area contributed by atoms with Crippen LogP contribution in [0.25, 0.3) is 0 Å². The number of ether oxygens (including phenoxy) is 1. The first-order chi connectivity index (χ1) is 6.66. The summed E-state index contributed by atoms with van der Waals surface area (Å²) >= 11 is 5.88. The van der Waals surface area contributed by atoms with Crippen molar-refractivity contribution in [1.82, 2.24) is 9.97 Å². The number of likely N-dealkylation sites (N-methyl/N-ethyl adjacent to an activating group) is 1. The molecule has 78 valence electrons. The monoisotopic (exact) mass is 215 g/mol. The predicted molar refractivity (Wildman–Crippen MR) is 56.9 cm³/mol. The normalized spacial score (nSPS) is 10.3. The summed E-state index contributed by atoms with van der Waals surface area (Å²) in [5, 5.41) is 0.499. The second-order valence-corrected chi connectivity index (χ2v) is 3.39. The number of methoxy groups -OCH3 is 1. The summed E-state index contributed by atoms with van der Waals surface area (Å²) in [5.74, 6) is 0.849. The highest BCUT2D eigenvalue weighted by atomic mass is 35.5. The fraction of sp³-hybridized carbons (Fsp3) is 0.556. The molecule has 0 aliphatic rings. The molecule has 5 heteroatoms. The summed E-state index contributed by atoms with van der Waals surface area (Å²) in [4.78, 5) is 10.1. The average molecular weight is 216 g/mol. The molecule has 1 heterocycles. The first-order valence-corrected chi connectivity index (χ1v) is 4.71. The Bertz CT molecular complexity index is 306. The largest absolute Gasteiger partial charge is 0.383 e. The highest BCUT2D eigenvalue weighted by molar-refractivity contribution is 6.30. The highest BCUT2D eigenvalue weighted by Crippen LogP contribution is 2.20. The molecule has 0 N–H and O–H groups in total. The minimum absolute atomic E-state index is 0.499. The van der Waals surface area contributed by atoms with Crippen molar-refractivity contribution in [3.8, 4) is 0 Å². The van der Waals surface area contributed by atoms with E-state index in [4.69, 9.17) is 16.3 Å². The second-order valence-electron chi connectivity index (χ2n) is 3.03. The van der Waals surface area contributed by atoms with Crippen LogP contribution in [0.15, 0.2) is 6.33 Å². The zero-order valence-electron chi connectivity index (χ0n) is 8.62. The van der Waals surface area contributed by atoms with Crippen molar-refractivity contribution < 1.29 is 4.74 Å². The number of anilines is 1. The van der Waals surface area contributed by atoms with Crippen LogP contribution in [-0.4, -0.2) is 37.3 Å². The second kappa shape index (κ2) is 5.12. The molecule has 4 nitrogen and oxygen atoms in total. The molecular weight excluding hydrogens is 202 g/mol. The quantitative estimate of drug-likeness (QED) is 0.714. The van der Waals surface area contributed by atoms with Crippen LogP contribution in [0.4, 0.5) is 5.82 Å². The Morgan fingerprint density at radius 1 is 1.50 bits per heavy atom. The minimum Gasteiger partial charge on any atom is -0.383 e. The summed E-state index contributed by atoms with van der Waals surface area (Å²) in [6.07, 6.45) is 1.47. The molecule has 0 bridgehead atoms. The molecule has 1 aromatic rings. The molecule has 0 saturated carbocycles. The third kappa shape index (κ3) is 2.56. The molecular formula is C9H14ClN3O. The van der Waals surface area contributed by atoms with E-state index in [1.165, 1.54) is 6.33 Å². The van der Waals surface area contributed by atoms with Gasteiger partial charge in [-0.15, -0.1) is 0 Å². The van der Waals surface area contributed by atoms with E-state index in [2.05, 4.69) is 9.97 Å². The van der Waals surface area contributed by atoms with Crippen LogP contribution in [-0.2, 0) is 4.74 Å². The van der Waals surface area contributed by atoms with Crippen LogP contribution in [0.2, 0.25) is 5.15 Å². The summed E-state index contributed by atoms with van der Waals surface area (Å²) in [6, 6.07) is 0. The SMILES string of the molecule is COCCN(C)c1ncnc(Cl)c1C. The van der Waals surface area contributed by atoms with E-state index in [-0.39, 0.29) is 0 Å². The summed E-state index contributed by atoms with van der Waals surface area (Å²) in [6.45, 7) is 3.35. The van der Waals surface area contributed by atoms with E-state index >= 15 is 0 Å². The van der Waals surface area contributed by atoms with Crippen molar-refractivity contribution in [3.05, 3.63) is 17.0 Å². The molecule has 14 heavy (non-hydrogen) atoms. The van der Waals surface area contributed by atoms with Crippen LogP contribution in [0.5, 0.6) is 0 Å². The molecule has 1 aromatic heterocycles. The molecule has 0 saturated heterocycles. The van der Waals surface area contributed by atoms with E-state index in [9.17, 15) is 0 Å². The van der Waals surface area contributed by atoms with Crippen molar-refractivity contribution in [2.45, 2.75) is 6.92 Å². The first kappa shape index (κ1) is 11.2. The molecule has 1 rings (SSSR count). The maximum atomic E-state index is 5.88. The number of hydrogen-bond acceptors (Lipinski definition) is 4. The van der Waals surface area contributed by atoms with E-state index in [0.29, 0.717) is 11.8 Å². The van der Waals surface area contributed by atoms with Crippen LogP contribution in [0, 0.1) is 6.92 Å². The lowest BCUT2D eigenvalue weighted by atomic mass is 10.3. The zero-order chi connectivity index (χ0) is 10.6. The number of rotatable bonds is 4. The van der Waals surface area contributed by atoms with Crippen LogP contribution >= 0.6 is 11.6 Å². The van der Waals surface area contributed by atoms with Crippen molar-refractivity contribution in [2.75, 3.05) is 32.2 Å². The molecule has 0 unspecified atom stereocenters. The number of hydrogen-bond donors (Lipinski definition) is 0. The maximum absolute atomic E-state index is 5.88. The van der Waals surface area contributed by atoms with Gasteiger partial charge in [0.1, 0.15) is 17.3 Å². The molecule has 0 aliphatic heterocycles. The van der Waals surface area contributed by atoms with Gasteiger partial charge in [-0.3, -0.25) is 0 Å².